The quantitative estimate of drug-likeness (QED) is 0.490. The van der Waals surface area contributed by atoms with Crippen molar-refractivity contribution in [2.75, 3.05) is 12.4 Å². The van der Waals surface area contributed by atoms with Gasteiger partial charge in [0.15, 0.2) is 0 Å². The van der Waals surface area contributed by atoms with Crippen LogP contribution < -0.4 is 0 Å². The summed E-state index contributed by atoms with van der Waals surface area (Å²) in [7, 11) is 0. The first-order valence-corrected chi connectivity index (χ1v) is 6.57. The first kappa shape index (κ1) is 15.7. The first-order chi connectivity index (χ1) is 7.37. The molecule has 0 saturated carbocycles. The van der Waals surface area contributed by atoms with Crippen LogP contribution in [0.15, 0.2) is 0 Å². The summed E-state index contributed by atoms with van der Waals surface area (Å²) in [5.41, 5.74) is 0. The zero-order valence-electron chi connectivity index (χ0n) is 10.1. The van der Waals surface area contributed by atoms with E-state index in [0.29, 0.717) is 19.4 Å². The third-order valence-electron chi connectivity index (χ3n) is 2.00. The average Bonchev–Trinajstić information content (AvgIpc) is 2.15. The van der Waals surface area contributed by atoms with Crippen LogP contribution in [-0.4, -0.2) is 29.5 Å². The molecule has 1 atom stereocenters. The highest BCUT2D eigenvalue weighted by Crippen LogP contribution is 2.21. The Morgan fingerprint density at radius 2 is 2.06 bits per heavy atom. The van der Waals surface area contributed by atoms with Gasteiger partial charge in [-0.25, -0.2) is 8.78 Å². The lowest BCUT2D eigenvalue weighted by molar-refractivity contribution is -0.142. The number of hydrogen-bond donors (Lipinski definition) is 0. The summed E-state index contributed by atoms with van der Waals surface area (Å²) in [5.74, 6) is -2.08. The van der Waals surface area contributed by atoms with Crippen molar-refractivity contribution in [2.24, 2.45) is 0 Å². The Morgan fingerprint density at radius 3 is 2.56 bits per heavy atom. The predicted molar refractivity (Wildman–Crippen MR) is 63.0 cm³/mol. The normalized spacial score (nSPS) is 13.6. The first-order valence-electron chi connectivity index (χ1n) is 5.53. The molecule has 0 N–H and O–H groups in total. The van der Waals surface area contributed by atoms with Crippen LogP contribution in [0.25, 0.3) is 0 Å². The maximum atomic E-state index is 12.5. The van der Waals surface area contributed by atoms with Crippen LogP contribution in [0.1, 0.15) is 40.0 Å². The van der Waals surface area contributed by atoms with Crippen molar-refractivity contribution in [3.05, 3.63) is 0 Å². The number of thioether (sulfide) groups is 1. The zero-order chi connectivity index (χ0) is 12.6. The monoisotopic (exact) mass is 254 g/mol. The molecule has 0 aliphatic heterocycles. The minimum atomic E-state index is -2.57. The summed E-state index contributed by atoms with van der Waals surface area (Å²) >= 11 is 1.46. The van der Waals surface area contributed by atoms with Gasteiger partial charge in [0.25, 0.3) is 0 Å². The number of unbranched alkanes of at least 4 members (excludes halogenated alkanes) is 1. The molecule has 0 aliphatic rings. The minimum Gasteiger partial charge on any atom is -0.465 e. The smallest absolute Gasteiger partial charge is 0.318 e. The molecular weight excluding hydrogens is 234 g/mol. The summed E-state index contributed by atoms with van der Waals surface area (Å²) in [6.45, 7) is 4.85. The molecule has 0 fully saturated rings. The number of esters is 1. The molecule has 0 amide bonds. The molecule has 5 heteroatoms. The van der Waals surface area contributed by atoms with E-state index in [1.165, 1.54) is 11.8 Å². The molecule has 16 heavy (non-hydrogen) atoms. The standard InChI is InChI=1S/C11H20F2O2S/c1-4-15-10(14)9(2)16-8-6-5-7-11(3,12)13/h9H,4-8H2,1-3H3. The Morgan fingerprint density at radius 1 is 1.44 bits per heavy atom. The Kier molecular flexibility index (Phi) is 7.72. The van der Waals surface area contributed by atoms with E-state index < -0.39 is 5.92 Å². The molecule has 0 radical (unpaired) electrons. The number of hydrogen-bond acceptors (Lipinski definition) is 3. The maximum Gasteiger partial charge on any atom is 0.318 e. The summed E-state index contributed by atoms with van der Waals surface area (Å²) in [5, 5.41) is -0.206. The number of carbonyl (C=O) groups excluding carboxylic acids is 1. The van der Waals surface area contributed by atoms with Gasteiger partial charge in [-0.15, -0.1) is 11.8 Å². The van der Waals surface area contributed by atoms with E-state index in [4.69, 9.17) is 4.74 Å². The molecule has 0 heterocycles. The lowest BCUT2D eigenvalue weighted by atomic mass is 10.2. The second-order valence-electron chi connectivity index (χ2n) is 3.79. The maximum absolute atomic E-state index is 12.5. The van der Waals surface area contributed by atoms with Gasteiger partial charge in [0.2, 0.25) is 5.92 Å². The van der Waals surface area contributed by atoms with Gasteiger partial charge in [0, 0.05) is 6.42 Å². The Labute approximate surface area is 100 Å². The Balaban J connectivity index is 3.48. The van der Waals surface area contributed by atoms with Gasteiger partial charge in [-0.3, -0.25) is 4.79 Å². The Hall–Kier alpha value is -0.320. The molecule has 0 aromatic rings. The molecule has 0 aromatic carbocycles. The van der Waals surface area contributed by atoms with Crippen molar-refractivity contribution in [3.8, 4) is 0 Å². The fourth-order valence-corrected chi connectivity index (χ4v) is 2.05. The third kappa shape index (κ3) is 8.95. The van der Waals surface area contributed by atoms with E-state index in [9.17, 15) is 13.6 Å². The van der Waals surface area contributed by atoms with E-state index in [0.717, 1.165) is 12.7 Å². The second-order valence-corrected chi connectivity index (χ2v) is 5.24. The highest BCUT2D eigenvalue weighted by molar-refractivity contribution is 8.00. The van der Waals surface area contributed by atoms with Gasteiger partial charge in [0.1, 0.15) is 0 Å². The largest absolute Gasteiger partial charge is 0.465 e. The number of carbonyl (C=O) groups is 1. The van der Waals surface area contributed by atoms with Gasteiger partial charge < -0.3 is 4.74 Å². The van der Waals surface area contributed by atoms with Crippen LogP contribution in [0.3, 0.4) is 0 Å². The molecule has 2 nitrogen and oxygen atoms in total. The third-order valence-corrected chi connectivity index (χ3v) is 3.21. The van der Waals surface area contributed by atoms with Crippen molar-refractivity contribution in [3.63, 3.8) is 0 Å². The van der Waals surface area contributed by atoms with Gasteiger partial charge in [-0.2, -0.15) is 0 Å². The van der Waals surface area contributed by atoms with Crippen molar-refractivity contribution < 1.29 is 18.3 Å². The SMILES string of the molecule is CCOC(=O)C(C)SCCCCC(C)(F)F. The molecule has 0 spiro atoms. The summed E-state index contributed by atoms with van der Waals surface area (Å²) in [6.07, 6.45) is 1.12. The molecule has 0 bridgehead atoms. The molecule has 1 unspecified atom stereocenters. The second kappa shape index (κ2) is 7.87. The minimum absolute atomic E-state index is 0.0820. The van der Waals surface area contributed by atoms with Crippen LogP contribution in [0, 0.1) is 0 Å². The lowest BCUT2D eigenvalue weighted by Gasteiger charge is -2.11. The van der Waals surface area contributed by atoms with Crippen LogP contribution in [-0.2, 0) is 9.53 Å². The summed E-state index contributed by atoms with van der Waals surface area (Å²) in [6, 6.07) is 0. The van der Waals surface area contributed by atoms with E-state index >= 15 is 0 Å². The van der Waals surface area contributed by atoms with Crippen molar-refractivity contribution in [1.82, 2.24) is 0 Å². The van der Waals surface area contributed by atoms with E-state index in [1.54, 1.807) is 13.8 Å². The topological polar surface area (TPSA) is 26.3 Å². The number of ether oxygens (including phenoxy) is 1. The molecule has 0 aromatic heterocycles. The van der Waals surface area contributed by atoms with Crippen molar-refractivity contribution in [2.45, 2.75) is 51.2 Å². The molecule has 0 rings (SSSR count). The zero-order valence-corrected chi connectivity index (χ0v) is 10.9. The van der Waals surface area contributed by atoms with Crippen LogP contribution in [0.4, 0.5) is 8.78 Å². The van der Waals surface area contributed by atoms with Crippen LogP contribution in [0.2, 0.25) is 0 Å². The average molecular weight is 254 g/mol. The summed E-state index contributed by atoms with van der Waals surface area (Å²) in [4.78, 5) is 11.2. The predicted octanol–water partition coefficient (Wildman–Crippen LogP) is 3.50. The van der Waals surface area contributed by atoms with Gasteiger partial charge in [0.05, 0.1) is 11.9 Å². The Bertz CT molecular complexity index is 205. The molecule has 0 aliphatic carbocycles. The highest BCUT2D eigenvalue weighted by Gasteiger charge is 2.20. The molecule has 0 saturated heterocycles. The van der Waals surface area contributed by atoms with E-state index in [1.807, 2.05) is 0 Å². The van der Waals surface area contributed by atoms with Crippen molar-refractivity contribution >= 4 is 17.7 Å². The van der Waals surface area contributed by atoms with Crippen LogP contribution in [0.5, 0.6) is 0 Å². The van der Waals surface area contributed by atoms with Gasteiger partial charge in [-0.1, -0.05) is 0 Å². The fraction of sp³-hybridized carbons (Fsp3) is 0.909. The van der Waals surface area contributed by atoms with E-state index in [2.05, 4.69) is 0 Å². The van der Waals surface area contributed by atoms with Crippen LogP contribution >= 0.6 is 11.8 Å². The highest BCUT2D eigenvalue weighted by atomic mass is 32.2. The molecular formula is C11H20F2O2S. The summed E-state index contributed by atoms with van der Waals surface area (Å²) < 4.78 is 29.7. The lowest BCUT2D eigenvalue weighted by Crippen LogP contribution is -2.17. The van der Waals surface area contributed by atoms with Gasteiger partial charge >= 0.3 is 5.97 Å². The molecule has 96 valence electrons. The fourth-order valence-electron chi connectivity index (χ4n) is 1.13. The van der Waals surface area contributed by atoms with Crippen molar-refractivity contribution in [1.29, 1.82) is 0 Å². The number of alkyl halides is 2. The number of halogens is 2. The van der Waals surface area contributed by atoms with E-state index in [-0.39, 0.29) is 17.6 Å². The number of rotatable bonds is 8. The van der Waals surface area contributed by atoms with Gasteiger partial charge in [-0.05, 0) is 39.4 Å².